The van der Waals surface area contributed by atoms with Crippen molar-refractivity contribution in [1.29, 1.82) is 0 Å². The van der Waals surface area contributed by atoms with Gasteiger partial charge in [-0.05, 0) is 55.1 Å². The molecule has 11 heteroatoms. The molecule has 1 aromatic carbocycles. The molecule has 6 rings (SSSR count). The number of benzene rings is 1. The van der Waals surface area contributed by atoms with Crippen LogP contribution in [0.2, 0.25) is 0 Å². The minimum absolute atomic E-state index is 0.0119. The molecule has 0 bridgehead atoms. The number of likely N-dealkylation sites (tertiary alicyclic amines) is 1. The molecule has 3 aromatic rings. The van der Waals surface area contributed by atoms with Crippen molar-refractivity contribution in [3.8, 4) is 0 Å². The number of carbonyl (C=O) groups excluding carboxylic acids is 4. The van der Waals surface area contributed by atoms with Crippen LogP contribution in [-0.2, 0) is 11.3 Å². The highest BCUT2D eigenvalue weighted by molar-refractivity contribution is 7.16. The van der Waals surface area contributed by atoms with Gasteiger partial charge < -0.3 is 0 Å². The lowest BCUT2D eigenvalue weighted by Gasteiger charge is -2.32. The Morgan fingerprint density at radius 1 is 0.971 bits per heavy atom. The Morgan fingerprint density at radius 3 is 2.57 bits per heavy atom. The number of imide groups is 2. The fourth-order valence-electron chi connectivity index (χ4n) is 5.10. The molecule has 2 fully saturated rings. The second-order valence-corrected chi connectivity index (χ2v) is 9.87. The van der Waals surface area contributed by atoms with Crippen LogP contribution in [0.1, 0.15) is 57.2 Å². The van der Waals surface area contributed by atoms with Crippen LogP contribution in [0.3, 0.4) is 0 Å². The van der Waals surface area contributed by atoms with E-state index in [1.165, 1.54) is 0 Å². The maximum Gasteiger partial charge on any atom is 0.343 e. The predicted molar refractivity (Wildman–Crippen MR) is 126 cm³/mol. The number of thiophene rings is 1. The minimum atomic E-state index is -0.762. The van der Waals surface area contributed by atoms with Gasteiger partial charge in [0.15, 0.2) is 0 Å². The molecule has 10 nitrogen and oxygen atoms in total. The van der Waals surface area contributed by atoms with Crippen molar-refractivity contribution in [1.82, 2.24) is 30.2 Å². The molecular formula is C24H22N6O4S. The fraction of sp³-hybridized carbons (Fsp3) is 0.333. The number of hydrazine groups is 1. The average Bonchev–Trinajstić information content (AvgIpc) is 3.43. The van der Waals surface area contributed by atoms with Gasteiger partial charge in [-0.25, -0.2) is 19.8 Å². The number of nitrogens with zero attached hydrogens (tertiary/aromatic N) is 5. The van der Waals surface area contributed by atoms with Crippen LogP contribution in [0.15, 0.2) is 36.0 Å². The van der Waals surface area contributed by atoms with Crippen LogP contribution in [0, 0.1) is 0 Å². The Morgan fingerprint density at radius 2 is 1.77 bits per heavy atom. The first-order valence-electron chi connectivity index (χ1n) is 11.5. The number of fused-ring (bicyclic) bond motifs is 2. The van der Waals surface area contributed by atoms with Gasteiger partial charge in [-0.15, -0.1) is 11.3 Å². The summed E-state index contributed by atoms with van der Waals surface area (Å²) in [5.74, 6) is -1.12. The molecule has 0 aliphatic carbocycles. The summed E-state index contributed by atoms with van der Waals surface area (Å²) in [6.07, 6.45) is 3.66. The topological polar surface area (TPSA) is 116 Å². The number of nitrogens with one attached hydrogen (secondary N) is 1. The third-order valence-corrected chi connectivity index (χ3v) is 7.70. The first kappa shape index (κ1) is 21.8. The third kappa shape index (κ3) is 3.76. The number of urea groups is 1. The van der Waals surface area contributed by atoms with E-state index in [1.807, 2.05) is 6.07 Å². The number of rotatable bonds is 4. The average molecular weight is 491 g/mol. The summed E-state index contributed by atoms with van der Waals surface area (Å²) < 4.78 is 0. The summed E-state index contributed by atoms with van der Waals surface area (Å²) in [6.45, 7) is 2.45. The zero-order valence-corrected chi connectivity index (χ0v) is 19.6. The quantitative estimate of drug-likeness (QED) is 0.559. The Balaban J connectivity index is 1.14. The molecular weight excluding hydrogens is 468 g/mol. The Labute approximate surface area is 204 Å². The van der Waals surface area contributed by atoms with E-state index in [-0.39, 0.29) is 24.1 Å². The van der Waals surface area contributed by atoms with Gasteiger partial charge in [0.1, 0.15) is 11.2 Å². The maximum atomic E-state index is 13.0. The van der Waals surface area contributed by atoms with Crippen molar-refractivity contribution in [2.24, 2.45) is 0 Å². The molecule has 3 aliphatic heterocycles. The summed E-state index contributed by atoms with van der Waals surface area (Å²) in [7, 11) is 0. The van der Waals surface area contributed by atoms with Crippen LogP contribution < -0.4 is 5.32 Å². The van der Waals surface area contributed by atoms with Crippen LogP contribution in [0.25, 0.3) is 10.2 Å². The van der Waals surface area contributed by atoms with E-state index < -0.39 is 23.8 Å². The fourth-order valence-corrected chi connectivity index (χ4v) is 5.84. The van der Waals surface area contributed by atoms with Crippen molar-refractivity contribution in [2.75, 3.05) is 19.6 Å². The zero-order valence-electron chi connectivity index (χ0n) is 18.8. The van der Waals surface area contributed by atoms with E-state index in [0.717, 1.165) is 57.4 Å². The van der Waals surface area contributed by atoms with Gasteiger partial charge in [-0.3, -0.25) is 24.6 Å². The summed E-state index contributed by atoms with van der Waals surface area (Å²) >= 11 is 1.63. The highest BCUT2D eigenvalue weighted by Crippen LogP contribution is 2.33. The summed E-state index contributed by atoms with van der Waals surface area (Å²) in [4.78, 5) is 61.8. The molecule has 35 heavy (non-hydrogen) atoms. The molecule has 5 heterocycles. The zero-order chi connectivity index (χ0) is 24.1. The van der Waals surface area contributed by atoms with Crippen molar-refractivity contribution in [3.63, 3.8) is 0 Å². The van der Waals surface area contributed by atoms with E-state index in [4.69, 9.17) is 0 Å². The predicted octanol–water partition coefficient (Wildman–Crippen LogP) is 2.52. The number of carbonyl (C=O) groups is 4. The standard InChI is InChI=1S/C24H22N6O4S/c31-19-5-9-29(24(34)27-19)30-22(32)16-2-1-14(11-18(16)23(30)33)12-28-7-3-15(4-8-28)20-17-6-10-35-21(17)26-13-25-20/h1-2,6,10-11,13,15H,3-5,7-9,12H2,(H,27,31,34). The molecule has 0 atom stereocenters. The van der Waals surface area contributed by atoms with E-state index in [9.17, 15) is 19.2 Å². The van der Waals surface area contributed by atoms with E-state index in [1.54, 1.807) is 29.8 Å². The lowest BCUT2D eigenvalue weighted by molar-refractivity contribution is -0.122. The van der Waals surface area contributed by atoms with E-state index in [0.29, 0.717) is 12.5 Å². The molecule has 0 unspecified atom stereocenters. The lowest BCUT2D eigenvalue weighted by atomic mass is 9.91. The SMILES string of the molecule is O=C1CCN(N2C(=O)c3ccc(CN4CCC(c5ncnc6sccc56)CC4)cc3C2=O)C(=O)N1. The van der Waals surface area contributed by atoms with Crippen molar-refractivity contribution in [3.05, 3.63) is 58.4 Å². The normalized spacial score (nSPS) is 19.5. The molecule has 3 aliphatic rings. The lowest BCUT2D eigenvalue weighted by Crippen LogP contribution is -2.58. The van der Waals surface area contributed by atoms with Gasteiger partial charge in [0, 0.05) is 24.3 Å². The molecule has 0 saturated carbocycles. The first-order chi connectivity index (χ1) is 17.0. The molecule has 1 N–H and O–H groups in total. The van der Waals surface area contributed by atoms with E-state index >= 15 is 0 Å². The Hall–Kier alpha value is -3.70. The van der Waals surface area contributed by atoms with Crippen LogP contribution in [0.4, 0.5) is 4.79 Å². The van der Waals surface area contributed by atoms with Crippen LogP contribution >= 0.6 is 11.3 Å². The largest absolute Gasteiger partial charge is 0.343 e. The highest BCUT2D eigenvalue weighted by Gasteiger charge is 2.43. The van der Waals surface area contributed by atoms with E-state index in [2.05, 4.69) is 31.6 Å². The summed E-state index contributed by atoms with van der Waals surface area (Å²) in [5.41, 5.74) is 2.62. The number of piperidine rings is 1. The van der Waals surface area contributed by atoms with Gasteiger partial charge in [-0.1, -0.05) is 6.07 Å². The van der Waals surface area contributed by atoms with Crippen LogP contribution in [0.5, 0.6) is 0 Å². The van der Waals surface area contributed by atoms with Gasteiger partial charge >= 0.3 is 6.03 Å². The molecule has 2 saturated heterocycles. The molecule has 5 amide bonds. The monoisotopic (exact) mass is 490 g/mol. The number of aromatic nitrogens is 2. The maximum absolute atomic E-state index is 13.0. The first-order valence-corrected chi connectivity index (χ1v) is 12.4. The third-order valence-electron chi connectivity index (χ3n) is 6.88. The van der Waals surface area contributed by atoms with Gasteiger partial charge in [0.2, 0.25) is 5.91 Å². The van der Waals surface area contributed by atoms with Crippen molar-refractivity contribution >= 4 is 45.3 Å². The Bertz CT molecular complexity index is 1380. The molecule has 0 radical (unpaired) electrons. The molecule has 2 aromatic heterocycles. The van der Waals surface area contributed by atoms with Crippen molar-refractivity contribution in [2.45, 2.75) is 31.7 Å². The smallest absolute Gasteiger partial charge is 0.299 e. The number of hydrogen-bond acceptors (Lipinski definition) is 8. The summed E-state index contributed by atoms with van der Waals surface area (Å²) in [6, 6.07) is 6.59. The van der Waals surface area contributed by atoms with Gasteiger partial charge in [-0.2, -0.15) is 5.01 Å². The Kier molecular flexibility index (Phi) is 5.30. The summed E-state index contributed by atoms with van der Waals surface area (Å²) in [5, 5.41) is 7.20. The number of hydrogen-bond donors (Lipinski definition) is 1. The second-order valence-electron chi connectivity index (χ2n) is 8.98. The van der Waals surface area contributed by atoms with Gasteiger partial charge in [0.05, 0.1) is 23.4 Å². The minimum Gasteiger partial charge on any atom is -0.299 e. The number of amides is 5. The van der Waals surface area contributed by atoms with Crippen molar-refractivity contribution < 1.29 is 19.2 Å². The van der Waals surface area contributed by atoms with Gasteiger partial charge in [0.25, 0.3) is 11.8 Å². The second kappa shape index (κ2) is 8.51. The van der Waals surface area contributed by atoms with Crippen LogP contribution in [-0.4, -0.2) is 68.3 Å². The molecule has 178 valence electrons. The highest BCUT2D eigenvalue weighted by atomic mass is 32.1. The molecule has 0 spiro atoms.